The van der Waals surface area contributed by atoms with Gasteiger partial charge in [0.2, 0.25) is 10.0 Å². The van der Waals surface area contributed by atoms with Crippen molar-refractivity contribution < 1.29 is 8.42 Å². The van der Waals surface area contributed by atoms with Gasteiger partial charge in [0.15, 0.2) is 0 Å². The van der Waals surface area contributed by atoms with E-state index in [9.17, 15) is 8.42 Å². The minimum atomic E-state index is -3.12. The van der Waals surface area contributed by atoms with Crippen LogP contribution in [0, 0.1) is 6.92 Å². The molecule has 1 aliphatic rings. The minimum absolute atomic E-state index is 0.0526. The van der Waals surface area contributed by atoms with Crippen LogP contribution in [-0.2, 0) is 15.8 Å². The van der Waals surface area contributed by atoms with E-state index in [1.807, 2.05) is 6.92 Å². The van der Waals surface area contributed by atoms with Gasteiger partial charge in [-0.2, -0.15) is 0 Å². The van der Waals surface area contributed by atoms with Crippen LogP contribution in [0.4, 0.5) is 5.69 Å². The fraction of sp³-hybridized carbons (Fsp3) is 0.286. The quantitative estimate of drug-likeness (QED) is 0.643. The van der Waals surface area contributed by atoms with Crippen molar-refractivity contribution in [2.75, 3.05) is 4.72 Å². The number of rotatable bonds is 0. The fourth-order valence-electron chi connectivity index (χ4n) is 1.27. The van der Waals surface area contributed by atoms with Crippen molar-refractivity contribution in [1.29, 1.82) is 0 Å². The molecular weight excluding hydrogens is 176 g/mol. The third-order valence-corrected chi connectivity index (χ3v) is 3.02. The van der Waals surface area contributed by atoms with Crippen LogP contribution in [0.3, 0.4) is 0 Å². The van der Waals surface area contributed by atoms with E-state index in [0.717, 1.165) is 11.1 Å². The summed E-state index contributed by atoms with van der Waals surface area (Å²) in [4.78, 5) is 3.92. The van der Waals surface area contributed by atoms with Crippen molar-refractivity contribution in [3.05, 3.63) is 23.5 Å². The van der Waals surface area contributed by atoms with Crippen molar-refractivity contribution in [2.24, 2.45) is 0 Å². The van der Waals surface area contributed by atoms with Crippen molar-refractivity contribution >= 4 is 15.7 Å². The molecule has 0 fully saturated rings. The smallest absolute Gasteiger partial charge is 0.237 e. The molecule has 4 nitrogen and oxygen atoms in total. The second-order valence-electron chi connectivity index (χ2n) is 2.85. The Morgan fingerprint density at radius 2 is 2.25 bits per heavy atom. The first-order valence-corrected chi connectivity index (χ1v) is 5.18. The van der Waals surface area contributed by atoms with Gasteiger partial charge in [0.25, 0.3) is 0 Å². The maximum absolute atomic E-state index is 11.1. The van der Waals surface area contributed by atoms with E-state index >= 15 is 0 Å². The van der Waals surface area contributed by atoms with Gasteiger partial charge in [-0.3, -0.25) is 9.71 Å². The van der Waals surface area contributed by atoms with Gasteiger partial charge in [-0.15, -0.1) is 0 Å². The van der Waals surface area contributed by atoms with E-state index in [1.54, 1.807) is 12.4 Å². The third kappa shape index (κ3) is 1.06. The standard InChI is InChI=1S/C7H8N2O2S/c1-5-2-8-3-6-4-12(10,11)9-7(5)6/h2-3,9H,4H2,1H3. The van der Waals surface area contributed by atoms with Crippen LogP contribution >= 0.6 is 0 Å². The van der Waals surface area contributed by atoms with E-state index in [2.05, 4.69) is 9.71 Å². The van der Waals surface area contributed by atoms with Gasteiger partial charge in [-0.1, -0.05) is 0 Å². The van der Waals surface area contributed by atoms with Crippen LogP contribution in [-0.4, -0.2) is 13.4 Å². The Balaban J connectivity index is 2.63. The summed E-state index contributed by atoms with van der Waals surface area (Å²) in [7, 11) is -3.12. The zero-order chi connectivity index (χ0) is 8.77. The molecular formula is C7H8N2O2S. The topological polar surface area (TPSA) is 59.1 Å². The molecule has 0 aromatic carbocycles. The fourth-order valence-corrected chi connectivity index (χ4v) is 2.58. The second-order valence-corrected chi connectivity index (χ2v) is 4.57. The number of nitrogens with zero attached hydrogens (tertiary/aromatic N) is 1. The summed E-state index contributed by atoms with van der Waals surface area (Å²) in [6.45, 7) is 1.83. The van der Waals surface area contributed by atoms with Gasteiger partial charge in [0.05, 0.1) is 11.4 Å². The molecule has 1 aromatic rings. The van der Waals surface area contributed by atoms with Crippen LogP contribution in [0.5, 0.6) is 0 Å². The van der Waals surface area contributed by atoms with Crippen molar-refractivity contribution in [3.63, 3.8) is 0 Å². The molecule has 0 aliphatic carbocycles. The first kappa shape index (κ1) is 7.54. The van der Waals surface area contributed by atoms with Crippen LogP contribution in [0.1, 0.15) is 11.1 Å². The van der Waals surface area contributed by atoms with Gasteiger partial charge >= 0.3 is 0 Å². The highest BCUT2D eigenvalue weighted by Gasteiger charge is 2.24. The Hall–Kier alpha value is -1.10. The highest BCUT2D eigenvalue weighted by molar-refractivity contribution is 7.92. The molecule has 12 heavy (non-hydrogen) atoms. The van der Waals surface area contributed by atoms with Crippen molar-refractivity contribution in [3.8, 4) is 0 Å². The molecule has 0 unspecified atom stereocenters. The van der Waals surface area contributed by atoms with Crippen molar-refractivity contribution in [1.82, 2.24) is 4.98 Å². The first-order chi connectivity index (χ1) is 5.58. The zero-order valence-electron chi connectivity index (χ0n) is 6.53. The Bertz CT molecular complexity index is 425. The SMILES string of the molecule is Cc1cncc2c1NS(=O)(=O)C2. The Morgan fingerprint density at radius 3 is 2.92 bits per heavy atom. The number of nitrogens with one attached hydrogen (secondary N) is 1. The predicted molar refractivity (Wildman–Crippen MR) is 45.2 cm³/mol. The molecule has 0 radical (unpaired) electrons. The molecule has 0 bridgehead atoms. The molecule has 0 saturated heterocycles. The molecule has 64 valence electrons. The minimum Gasteiger partial charge on any atom is -0.283 e. The number of aromatic nitrogens is 1. The van der Waals surface area contributed by atoms with E-state index in [4.69, 9.17) is 0 Å². The molecule has 1 aromatic heterocycles. The molecule has 0 saturated carbocycles. The van der Waals surface area contributed by atoms with Gasteiger partial charge in [-0.25, -0.2) is 8.42 Å². The normalized spacial score (nSPS) is 18.4. The summed E-state index contributed by atoms with van der Waals surface area (Å²) < 4.78 is 24.7. The van der Waals surface area contributed by atoms with Gasteiger partial charge in [0, 0.05) is 18.0 Å². The monoisotopic (exact) mass is 184 g/mol. The van der Waals surface area contributed by atoms with Crippen LogP contribution < -0.4 is 4.72 Å². The number of hydrogen-bond acceptors (Lipinski definition) is 3. The molecule has 0 amide bonds. The predicted octanol–water partition coefficient (Wildman–Crippen LogP) is 0.645. The first-order valence-electron chi connectivity index (χ1n) is 3.52. The van der Waals surface area contributed by atoms with E-state index in [-0.39, 0.29) is 5.75 Å². The molecule has 1 N–H and O–H groups in total. The summed E-state index contributed by atoms with van der Waals surface area (Å²) in [6.07, 6.45) is 3.23. The molecule has 0 spiro atoms. The van der Waals surface area contributed by atoms with Crippen LogP contribution in [0.25, 0.3) is 0 Å². The van der Waals surface area contributed by atoms with Gasteiger partial charge in [0.1, 0.15) is 0 Å². The Labute approximate surface area is 70.7 Å². The summed E-state index contributed by atoms with van der Waals surface area (Å²) in [5.74, 6) is 0.0526. The lowest BCUT2D eigenvalue weighted by atomic mass is 10.2. The maximum Gasteiger partial charge on any atom is 0.237 e. The molecule has 0 atom stereocenters. The summed E-state index contributed by atoms with van der Waals surface area (Å²) in [6, 6.07) is 0. The number of hydrogen-bond donors (Lipinski definition) is 1. The second kappa shape index (κ2) is 2.20. The lowest BCUT2D eigenvalue weighted by molar-refractivity contribution is 0.602. The average Bonchev–Trinajstić information content (AvgIpc) is 2.25. The van der Waals surface area contributed by atoms with Gasteiger partial charge in [-0.05, 0) is 12.5 Å². The lowest BCUT2D eigenvalue weighted by Crippen LogP contribution is -2.05. The zero-order valence-corrected chi connectivity index (χ0v) is 7.35. The number of fused-ring (bicyclic) bond motifs is 1. The third-order valence-electron chi connectivity index (χ3n) is 1.82. The highest BCUT2D eigenvalue weighted by Crippen LogP contribution is 2.28. The molecule has 2 heterocycles. The number of sulfonamides is 1. The number of aryl methyl sites for hydroxylation is 1. The van der Waals surface area contributed by atoms with E-state index in [1.165, 1.54) is 0 Å². The van der Waals surface area contributed by atoms with Crippen LogP contribution in [0.2, 0.25) is 0 Å². The van der Waals surface area contributed by atoms with Crippen LogP contribution in [0.15, 0.2) is 12.4 Å². The Morgan fingerprint density at radius 1 is 1.50 bits per heavy atom. The maximum atomic E-state index is 11.1. The summed E-state index contributed by atoms with van der Waals surface area (Å²) in [5, 5.41) is 0. The average molecular weight is 184 g/mol. The number of pyridine rings is 1. The van der Waals surface area contributed by atoms with Gasteiger partial charge < -0.3 is 0 Å². The van der Waals surface area contributed by atoms with E-state index in [0.29, 0.717) is 5.69 Å². The molecule has 2 rings (SSSR count). The largest absolute Gasteiger partial charge is 0.283 e. The molecule has 5 heteroatoms. The lowest BCUT2D eigenvalue weighted by Gasteiger charge is -1.99. The summed E-state index contributed by atoms with van der Waals surface area (Å²) >= 11 is 0. The Kier molecular flexibility index (Phi) is 1.38. The highest BCUT2D eigenvalue weighted by atomic mass is 32.2. The number of anilines is 1. The summed E-state index contributed by atoms with van der Waals surface area (Å²) in [5.41, 5.74) is 2.33. The van der Waals surface area contributed by atoms with Crippen molar-refractivity contribution in [2.45, 2.75) is 12.7 Å². The molecule has 1 aliphatic heterocycles. The van der Waals surface area contributed by atoms with E-state index < -0.39 is 10.0 Å².